The van der Waals surface area contributed by atoms with Gasteiger partial charge in [-0.25, -0.2) is 9.97 Å². The average molecular weight is 280 g/mol. The summed E-state index contributed by atoms with van der Waals surface area (Å²) in [5.41, 5.74) is 1.86. The molecule has 4 heteroatoms. The van der Waals surface area contributed by atoms with Gasteiger partial charge in [-0.2, -0.15) is 0 Å². The van der Waals surface area contributed by atoms with E-state index in [-0.39, 0.29) is 0 Å². The van der Waals surface area contributed by atoms with Crippen LogP contribution in [0, 0.1) is 5.41 Å². The molecular weight excluding hydrogens is 258 g/mol. The summed E-state index contributed by atoms with van der Waals surface area (Å²) in [4.78, 5) is 10.6. The molecule has 2 aliphatic rings. The Morgan fingerprint density at radius 3 is 2.26 bits per heavy atom. The lowest BCUT2D eigenvalue weighted by molar-refractivity contribution is 0.0640. The lowest BCUT2D eigenvalue weighted by Crippen LogP contribution is -2.40. The van der Waals surface area contributed by atoms with Crippen LogP contribution < -0.4 is 0 Å². The molecule has 0 atom stereocenters. The van der Waals surface area contributed by atoms with E-state index < -0.39 is 0 Å². The highest BCUT2D eigenvalue weighted by Gasteiger charge is 2.35. The molecule has 0 radical (unpaired) electrons. The number of nitrogens with zero attached hydrogens (tertiary/aromatic N) is 3. The fourth-order valence-corrected chi connectivity index (χ4v) is 3.76. The maximum Gasteiger partial charge on any atom is 0.222 e. The van der Waals surface area contributed by atoms with Crippen molar-refractivity contribution in [2.45, 2.75) is 51.5 Å². The third-order valence-electron chi connectivity index (χ3n) is 4.91. The van der Waals surface area contributed by atoms with Gasteiger partial charge in [0, 0.05) is 24.5 Å². The average Bonchev–Trinajstić information content (AvgIpc) is 2.45. The monoisotopic (exact) mass is 279 g/mol. The Kier molecular flexibility index (Phi) is 4.04. The van der Waals surface area contributed by atoms with Crippen LogP contribution in [0.1, 0.15) is 50.5 Å². The maximum absolute atomic E-state index is 5.72. The molecule has 1 saturated carbocycles. The van der Waals surface area contributed by atoms with Crippen LogP contribution >= 0.6 is 11.6 Å². The van der Waals surface area contributed by atoms with Crippen LogP contribution in [-0.2, 0) is 6.54 Å². The molecule has 19 heavy (non-hydrogen) atoms. The third kappa shape index (κ3) is 3.26. The van der Waals surface area contributed by atoms with Crippen LogP contribution in [-0.4, -0.2) is 28.0 Å². The number of hydrogen-bond donors (Lipinski definition) is 0. The Balaban J connectivity index is 1.54. The highest BCUT2D eigenvalue weighted by molar-refractivity contribution is 6.28. The highest BCUT2D eigenvalue weighted by atomic mass is 35.5. The zero-order chi connectivity index (χ0) is 13.1. The van der Waals surface area contributed by atoms with Crippen molar-refractivity contribution in [1.82, 2.24) is 14.9 Å². The second-order valence-electron chi connectivity index (χ2n) is 6.20. The van der Waals surface area contributed by atoms with Crippen LogP contribution in [0.3, 0.4) is 0 Å². The molecule has 1 aliphatic heterocycles. The van der Waals surface area contributed by atoms with E-state index in [0.717, 1.165) is 6.54 Å². The molecule has 0 unspecified atom stereocenters. The number of hydrogen-bond acceptors (Lipinski definition) is 3. The summed E-state index contributed by atoms with van der Waals surface area (Å²) < 4.78 is 0. The van der Waals surface area contributed by atoms with Gasteiger partial charge in [-0.3, -0.25) is 4.90 Å². The van der Waals surface area contributed by atoms with Gasteiger partial charge in [-0.1, -0.05) is 19.3 Å². The van der Waals surface area contributed by atoms with Crippen LogP contribution in [0.4, 0.5) is 0 Å². The van der Waals surface area contributed by atoms with Gasteiger partial charge >= 0.3 is 0 Å². The second kappa shape index (κ2) is 5.76. The van der Waals surface area contributed by atoms with Crippen molar-refractivity contribution in [2.24, 2.45) is 5.41 Å². The van der Waals surface area contributed by atoms with Crippen LogP contribution in [0.25, 0.3) is 0 Å². The first-order chi connectivity index (χ1) is 9.26. The first-order valence-corrected chi connectivity index (χ1v) is 7.82. The maximum atomic E-state index is 5.72. The molecule has 104 valence electrons. The minimum absolute atomic E-state index is 0.337. The summed E-state index contributed by atoms with van der Waals surface area (Å²) in [6.07, 6.45) is 13.7. The van der Waals surface area contributed by atoms with E-state index in [4.69, 9.17) is 11.6 Å². The number of halogens is 1. The summed E-state index contributed by atoms with van der Waals surface area (Å²) >= 11 is 5.72. The largest absolute Gasteiger partial charge is 0.299 e. The number of piperidine rings is 1. The minimum Gasteiger partial charge on any atom is -0.299 e. The molecule has 0 aromatic carbocycles. The van der Waals surface area contributed by atoms with E-state index in [2.05, 4.69) is 14.9 Å². The van der Waals surface area contributed by atoms with E-state index >= 15 is 0 Å². The standard InChI is InChI=1S/C15H22ClN3/c16-14-17-10-13(11-18-14)12-19-8-6-15(7-9-19)4-2-1-3-5-15/h10-11H,1-9,12H2. The van der Waals surface area contributed by atoms with Crippen molar-refractivity contribution >= 4 is 11.6 Å². The van der Waals surface area contributed by atoms with Crippen molar-refractivity contribution in [2.75, 3.05) is 13.1 Å². The molecule has 0 bridgehead atoms. The lowest BCUT2D eigenvalue weighted by atomic mass is 9.68. The van der Waals surface area contributed by atoms with Gasteiger partial charge in [0.1, 0.15) is 0 Å². The molecular formula is C15H22ClN3. The van der Waals surface area contributed by atoms with E-state index in [0.29, 0.717) is 10.7 Å². The molecule has 2 heterocycles. The molecule has 3 rings (SSSR count). The highest BCUT2D eigenvalue weighted by Crippen LogP contribution is 2.44. The number of likely N-dealkylation sites (tertiary alicyclic amines) is 1. The summed E-state index contributed by atoms with van der Waals surface area (Å²) in [5, 5.41) is 0.337. The van der Waals surface area contributed by atoms with E-state index in [1.54, 1.807) is 0 Å². The Bertz CT molecular complexity index is 402. The van der Waals surface area contributed by atoms with Crippen LogP contribution in [0.15, 0.2) is 12.4 Å². The molecule has 1 saturated heterocycles. The second-order valence-corrected chi connectivity index (χ2v) is 6.54. The van der Waals surface area contributed by atoms with Crippen molar-refractivity contribution in [3.8, 4) is 0 Å². The number of rotatable bonds is 2. The smallest absolute Gasteiger partial charge is 0.222 e. The molecule has 2 fully saturated rings. The zero-order valence-corrected chi connectivity index (χ0v) is 12.2. The molecule has 1 spiro atoms. The predicted molar refractivity (Wildman–Crippen MR) is 77.1 cm³/mol. The zero-order valence-electron chi connectivity index (χ0n) is 11.4. The first-order valence-electron chi connectivity index (χ1n) is 7.45. The quantitative estimate of drug-likeness (QED) is 0.774. The predicted octanol–water partition coefficient (Wildman–Crippen LogP) is 3.68. The Morgan fingerprint density at radius 2 is 1.63 bits per heavy atom. The summed E-state index contributed by atoms with van der Waals surface area (Å²) in [6.45, 7) is 3.42. The topological polar surface area (TPSA) is 29.0 Å². The summed E-state index contributed by atoms with van der Waals surface area (Å²) in [5.74, 6) is 0. The lowest BCUT2D eigenvalue weighted by Gasteiger charge is -2.44. The van der Waals surface area contributed by atoms with Crippen molar-refractivity contribution in [3.05, 3.63) is 23.2 Å². The molecule has 0 N–H and O–H groups in total. The van der Waals surface area contributed by atoms with E-state index in [1.807, 2.05) is 12.4 Å². The van der Waals surface area contributed by atoms with Gasteiger partial charge in [0.2, 0.25) is 5.28 Å². The van der Waals surface area contributed by atoms with Gasteiger partial charge in [0.05, 0.1) is 0 Å². The Morgan fingerprint density at radius 1 is 1.00 bits per heavy atom. The third-order valence-corrected chi connectivity index (χ3v) is 5.11. The first kappa shape index (κ1) is 13.3. The Labute approximate surface area is 120 Å². The molecule has 1 aliphatic carbocycles. The van der Waals surface area contributed by atoms with Gasteiger partial charge < -0.3 is 0 Å². The molecule has 3 nitrogen and oxygen atoms in total. The minimum atomic E-state index is 0.337. The molecule has 0 amide bonds. The SMILES string of the molecule is Clc1ncc(CN2CCC3(CCCCC3)CC2)cn1. The van der Waals surface area contributed by atoms with Crippen LogP contribution in [0.5, 0.6) is 0 Å². The van der Waals surface area contributed by atoms with Crippen molar-refractivity contribution in [3.63, 3.8) is 0 Å². The summed E-state index contributed by atoms with van der Waals surface area (Å²) in [6, 6.07) is 0. The van der Waals surface area contributed by atoms with Gasteiger partial charge in [0.15, 0.2) is 0 Å². The van der Waals surface area contributed by atoms with E-state index in [1.165, 1.54) is 63.6 Å². The van der Waals surface area contributed by atoms with Gasteiger partial charge in [-0.15, -0.1) is 0 Å². The molecule has 1 aromatic heterocycles. The normalized spacial score (nSPS) is 23.6. The van der Waals surface area contributed by atoms with Crippen molar-refractivity contribution < 1.29 is 0 Å². The van der Waals surface area contributed by atoms with Crippen LogP contribution in [0.2, 0.25) is 5.28 Å². The number of aromatic nitrogens is 2. The summed E-state index contributed by atoms with van der Waals surface area (Å²) in [7, 11) is 0. The fraction of sp³-hybridized carbons (Fsp3) is 0.733. The van der Waals surface area contributed by atoms with Gasteiger partial charge in [-0.05, 0) is 55.8 Å². The van der Waals surface area contributed by atoms with E-state index in [9.17, 15) is 0 Å². The van der Waals surface area contributed by atoms with Crippen molar-refractivity contribution in [1.29, 1.82) is 0 Å². The van der Waals surface area contributed by atoms with Gasteiger partial charge in [0.25, 0.3) is 0 Å². The Hall–Kier alpha value is -0.670. The molecule has 1 aromatic rings. The fourth-order valence-electron chi connectivity index (χ4n) is 3.67.